The summed E-state index contributed by atoms with van der Waals surface area (Å²) >= 11 is 5.73. The maximum absolute atomic E-state index is 12.4. The van der Waals surface area contributed by atoms with Crippen LogP contribution in [0.3, 0.4) is 0 Å². The zero-order valence-electron chi connectivity index (χ0n) is 9.95. The number of halogens is 4. The molecule has 0 spiro atoms. The Balaban J connectivity index is 2.20. The summed E-state index contributed by atoms with van der Waals surface area (Å²) in [5.74, 6) is 0.403. The molecule has 0 saturated heterocycles. The molecule has 2 N–H and O–H groups in total. The van der Waals surface area contributed by atoms with Crippen LogP contribution in [-0.4, -0.2) is 15.1 Å². The van der Waals surface area contributed by atoms with Crippen LogP contribution in [0.4, 0.5) is 24.7 Å². The summed E-state index contributed by atoms with van der Waals surface area (Å²) in [7, 11) is 0. The number of aromatic nitrogens is 2. The van der Waals surface area contributed by atoms with Gasteiger partial charge in [-0.2, -0.15) is 13.2 Å². The van der Waals surface area contributed by atoms with Crippen molar-refractivity contribution >= 4 is 23.1 Å². The molecule has 0 saturated carbocycles. The Hall–Kier alpha value is -1.86. The van der Waals surface area contributed by atoms with Crippen LogP contribution in [-0.2, 0) is 12.8 Å². The highest BCUT2D eigenvalue weighted by molar-refractivity contribution is 6.29. The predicted octanol–water partition coefficient (Wildman–Crippen LogP) is 3.38. The van der Waals surface area contributed by atoms with Gasteiger partial charge in [0.1, 0.15) is 17.6 Å². The average Bonchev–Trinajstić information content (AvgIpc) is 2.37. The summed E-state index contributed by atoms with van der Waals surface area (Å²) in [4.78, 5) is 7.70. The largest absolute Gasteiger partial charge is 0.416 e. The first-order valence-corrected chi connectivity index (χ1v) is 5.85. The second-order valence-corrected chi connectivity index (χ2v) is 4.24. The highest BCUT2D eigenvalue weighted by Crippen LogP contribution is 2.30. The van der Waals surface area contributed by atoms with Crippen LogP contribution in [0.1, 0.15) is 11.4 Å². The first kappa shape index (κ1) is 14.5. The van der Waals surface area contributed by atoms with Gasteiger partial charge in [-0.25, -0.2) is 9.97 Å². The van der Waals surface area contributed by atoms with Gasteiger partial charge in [0.15, 0.2) is 5.82 Å². The van der Waals surface area contributed by atoms with Crippen molar-refractivity contribution in [2.75, 3.05) is 5.32 Å². The summed E-state index contributed by atoms with van der Waals surface area (Å²) in [6, 6.07) is 5.86. The molecular formula is C12H9ClF3N3O. The molecule has 0 unspecified atom stereocenters. The lowest BCUT2D eigenvalue weighted by molar-refractivity contribution is -0.137. The van der Waals surface area contributed by atoms with E-state index in [4.69, 9.17) is 16.7 Å². The summed E-state index contributed by atoms with van der Waals surface area (Å²) < 4.78 is 37.2. The van der Waals surface area contributed by atoms with Gasteiger partial charge in [0.2, 0.25) is 0 Å². The smallest absolute Gasteiger partial charge is 0.388 e. The van der Waals surface area contributed by atoms with E-state index in [9.17, 15) is 13.2 Å². The molecule has 0 amide bonds. The lowest BCUT2D eigenvalue weighted by atomic mass is 10.2. The number of aliphatic hydroxyl groups excluding tert-OH is 1. The van der Waals surface area contributed by atoms with Crippen molar-refractivity contribution in [3.05, 3.63) is 46.9 Å². The second-order valence-electron chi connectivity index (χ2n) is 3.85. The van der Waals surface area contributed by atoms with E-state index in [0.717, 1.165) is 12.1 Å². The average molecular weight is 304 g/mol. The summed E-state index contributed by atoms with van der Waals surface area (Å²) in [5, 5.41) is 11.8. The van der Waals surface area contributed by atoms with Gasteiger partial charge in [0, 0.05) is 11.8 Å². The zero-order chi connectivity index (χ0) is 14.8. The van der Waals surface area contributed by atoms with Crippen LogP contribution in [0.2, 0.25) is 5.15 Å². The Bertz CT molecular complexity index is 602. The van der Waals surface area contributed by atoms with Gasteiger partial charge < -0.3 is 10.4 Å². The van der Waals surface area contributed by atoms with Gasteiger partial charge in [-0.05, 0) is 24.3 Å². The van der Waals surface area contributed by atoms with Gasteiger partial charge in [-0.15, -0.1) is 0 Å². The van der Waals surface area contributed by atoms with Crippen molar-refractivity contribution in [3.63, 3.8) is 0 Å². The third-order valence-electron chi connectivity index (χ3n) is 2.37. The van der Waals surface area contributed by atoms with Gasteiger partial charge in [0.05, 0.1) is 5.56 Å². The van der Waals surface area contributed by atoms with Crippen molar-refractivity contribution in [1.29, 1.82) is 0 Å². The third-order valence-corrected chi connectivity index (χ3v) is 2.56. The lowest BCUT2D eigenvalue weighted by Crippen LogP contribution is -2.05. The van der Waals surface area contributed by atoms with Gasteiger partial charge in [-0.1, -0.05) is 11.6 Å². The maximum Gasteiger partial charge on any atom is 0.416 e. The van der Waals surface area contributed by atoms with Crippen LogP contribution >= 0.6 is 11.6 Å². The number of nitrogens with zero attached hydrogens (tertiary/aromatic N) is 2. The topological polar surface area (TPSA) is 58.0 Å². The van der Waals surface area contributed by atoms with Crippen LogP contribution in [0.15, 0.2) is 30.3 Å². The molecule has 0 bridgehead atoms. The van der Waals surface area contributed by atoms with Gasteiger partial charge in [0.25, 0.3) is 0 Å². The number of alkyl halides is 3. The molecule has 20 heavy (non-hydrogen) atoms. The fourth-order valence-corrected chi connectivity index (χ4v) is 1.69. The number of anilines is 2. The fraction of sp³-hybridized carbons (Fsp3) is 0.167. The van der Waals surface area contributed by atoms with E-state index in [1.165, 1.54) is 18.2 Å². The standard InChI is InChI=1S/C12H9ClF3N3O/c13-9-5-10(19-11(6-20)18-9)17-8-3-1-7(2-4-8)12(14,15)16/h1-5,20H,6H2,(H,17,18,19). The highest BCUT2D eigenvalue weighted by Gasteiger charge is 2.29. The second kappa shape index (κ2) is 5.64. The molecule has 2 aromatic rings. The van der Waals surface area contributed by atoms with Crippen molar-refractivity contribution in [1.82, 2.24) is 9.97 Å². The minimum absolute atomic E-state index is 0.118. The van der Waals surface area contributed by atoms with Crippen molar-refractivity contribution in [2.45, 2.75) is 12.8 Å². The van der Waals surface area contributed by atoms with Gasteiger partial charge in [-0.3, -0.25) is 0 Å². The van der Waals surface area contributed by atoms with Crippen molar-refractivity contribution < 1.29 is 18.3 Å². The Morgan fingerprint density at radius 3 is 2.35 bits per heavy atom. The lowest BCUT2D eigenvalue weighted by Gasteiger charge is -2.09. The number of aliphatic hydroxyl groups is 1. The number of rotatable bonds is 3. The van der Waals surface area contributed by atoms with E-state index < -0.39 is 11.7 Å². The van der Waals surface area contributed by atoms with Crippen LogP contribution in [0.5, 0.6) is 0 Å². The molecule has 0 aliphatic heterocycles. The quantitative estimate of drug-likeness (QED) is 0.853. The molecule has 0 radical (unpaired) electrons. The minimum Gasteiger partial charge on any atom is -0.388 e. The molecule has 0 atom stereocenters. The highest BCUT2D eigenvalue weighted by atomic mass is 35.5. The Morgan fingerprint density at radius 2 is 1.80 bits per heavy atom. The molecule has 106 valence electrons. The number of hydrogen-bond acceptors (Lipinski definition) is 4. The first-order chi connectivity index (χ1) is 9.38. The van der Waals surface area contributed by atoms with E-state index in [2.05, 4.69) is 15.3 Å². The SMILES string of the molecule is OCc1nc(Cl)cc(Nc2ccc(C(F)(F)F)cc2)n1. The summed E-state index contributed by atoms with van der Waals surface area (Å²) in [5.41, 5.74) is -0.323. The van der Waals surface area contributed by atoms with E-state index in [-0.39, 0.29) is 23.4 Å². The summed E-state index contributed by atoms with van der Waals surface area (Å²) in [6.45, 7) is -0.387. The Kier molecular flexibility index (Phi) is 4.10. The first-order valence-electron chi connectivity index (χ1n) is 5.47. The van der Waals surface area contributed by atoms with Crippen LogP contribution < -0.4 is 5.32 Å². The molecule has 8 heteroatoms. The zero-order valence-corrected chi connectivity index (χ0v) is 10.7. The molecule has 0 fully saturated rings. The molecule has 2 rings (SSSR count). The van der Waals surface area contributed by atoms with E-state index in [1.54, 1.807) is 0 Å². The van der Waals surface area contributed by atoms with Crippen LogP contribution in [0, 0.1) is 0 Å². The van der Waals surface area contributed by atoms with E-state index in [0.29, 0.717) is 5.69 Å². The van der Waals surface area contributed by atoms with Crippen molar-refractivity contribution in [2.24, 2.45) is 0 Å². The maximum atomic E-state index is 12.4. The molecule has 1 aromatic heterocycles. The normalized spacial score (nSPS) is 11.4. The number of hydrogen-bond donors (Lipinski definition) is 2. The Labute approximate surface area is 117 Å². The van der Waals surface area contributed by atoms with E-state index >= 15 is 0 Å². The Morgan fingerprint density at radius 1 is 1.15 bits per heavy atom. The van der Waals surface area contributed by atoms with E-state index in [1.807, 2.05) is 0 Å². The molecule has 0 aliphatic carbocycles. The van der Waals surface area contributed by atoms with Crippen LogP contribution in [0.25, 0.3) is 0 Å². The number of benzene rings is 1. The predicted molar refractivity (Wildman–Crippen MR) is 67.7 cm³/mol. The van der Waals surface area contributed by atoms with Gasteiger partial charge >= 0.3 is 6.18 Å². The molecule has 0 aliphatic rings. The third kappa shape index (κ3) is 3.58. The molecule has 4 nitrogen and oxygen atoms in total. The monoisotopic (exact) mass is 303 g/mol. The number of nitrogens with one attached hydrogen (secondary N) is 1. The molecule has 1 heterocycles. The van der Waals surface area contributed by atoms with Crippen molar-refractivity contribution in [3.8, 4) is 0 Å². The minimum atomic E-state index is -4.37. The molecule has 1 aromatic carbocycles. The summed E-state index contributed by atoms with van der Waals surface area (Å²) in [6.07, 6.45) is -4.37. The fourth-order valence-electron chi connectivity index (χ4n) is 1.49. The molecular weight excluding hydrogens is 295 g/mol.